The zero-order valence-electron chi connectivity index (χ0n) is 11.9. The number of nitrogens with zero attached hydrogens (tertiary/aromatic N) is 1. The zero-order chi connectivity index (χ0) is 15.2. The Balaban J connectivity index is 2.14. The maximum Gasteiger partial charge on any atom is 0.305 e. The van der Waals surface area contributed by atoms with Crippen LogP contribution in [0.25, 0.3) is 10.9 Å². The summed E-state index contributed by atoms with van der Waals surface area (Å²) in [5.74, 6) is -1.25. The Labute approximate surface area is 123 Å². The van der Waals surface area contributed by atoms with Gasteiger partial charge in [-0.2, -0.15) is 0 Å². The Kier molecular flexibility index (Phi) is 4.87. The molecule has 0 aliphatic rings. The summed E-state index contributed by atoms with van der Waals surface area (Å²) < 4.78 is 0. The van der Waals surface area contributed by atoms with Crippen LogP contribution in [0.2, 0.25) is 0 Å². The molecule has 0 fully saturated rings. The lowest BCUT2D eigenvalue weighted by Crippen LogP contribution is -2.36. The van der Waals surface area contributed by atoms with Gasteiger partial charge in [0.05, 0.1) is 11.9 Å². The lowest BCUT2D eigenvalue weighted by Gasteiger charge is -2.15. The zero-order valence-corrected chi connectivity index (χ0v) is 11.9. The molecule has 0 aliphatic heterocycles. The Bertz CT molecular complexity index is 655. The van der Waals surface area contributed by atoms with E-state index in [2.05, 4.69) is 10.3 Å². The molecular weight excluding hydrogens is 268 g/mol. The van der Waals surface area contributed by atoms with E-state index in [1.165, 1.54) is 0 Å². The smallest absolute Gasteiger partial charge is 0.305 e. The average Bonchev–Trinajstić information content (AvgIpc) is 2.46. The van der Waals surface area contributed by atoms with Gasteiger partial charge in [-0.05, 0) is 18.6 Å². The first kappa shape index (κ1) is 15.0. The van der Waals surface area contributed by atoms with Crippen molar-refractivity contribution in [2.45, 2.75) is 32.2 Å². The number of aromatic nitrogens is 1. The summed E-state index contributed by atoms with van der Waals surface area (Å²) in [4.78, 5) is 27.3. The second-order valence-electron chi connectivity index (χ2n) is 4.95. The number of para-hydroxylation sites is 1. The van der Waals surface area contributed by atoms with Crippen molar-refractivity contribution in [3.63, 3.8) is 0 Å². The third-order valence-electron chi connectivity index (χ3n) is 3.22. The van der Waals surface area contributed by atoms with Crippen molar-refractivity contribution in [3.05, 3.63) is 42.1 Å². The molecule has 1 unspecified atom stereocenters. The highest BCUT2D eigenvalue weighted by molar-refractivity contribution is 5.95. The molecule has 1 amide bonds. The topological polar surface area (TPSA) is 79.3 Å². The molecule has 1 heterocycles. The van der Waals surface area contributed by atoms with Gasteiger partial charge < -0.3 is 10.4 Å². The lowest BCUT2D eigenvalue weighted by molar-refractivity contribution is -0.137. The SMILES string of the molecule is CCCC(CC(=O)O)NC(=O)c1ccc2ccccc2n1. The second kappa shape index (κ2) is 6.83. The predicted octanol–water partition coefficient (Wildman–Crippen LogP) is 2.61. The lowest BCUT2D eigenvalue weighted by atomic mass is 10.1. The second-order valence-corrected chi connectivity index (χ2v) is 4.95. The van der Waals surface area contributed by atoms with Crippen LogP contribution < -0.4 is 5.32 Å². The minimum absolute atomic E-state index is 0.0762. The first-order valence-corrected chi connectivity index (χ1v) is 6.98. The van der Waals surface area contributed by atoms with Gasteiger partial charge in [-0.1, -0.05) is 37.6 Å². The Hall–Kier alpha value is -2.43. The van der Waals surface area contributed by atoms with Crippen LogP contribution >= 0.6 is 0 Å². The number of carbonyl (C=O) groups is 2. The van der Waals surface area contributed by atoms with Crippen LogP contribution in [0.1, 0.15) is 36.7 Å². The molecule has 1 aromatic carbocycles. The van der Waals surface area contributed by atoms with E-state index in [-0.39, 0.29) is 18.4 Å². The van der Waals surface area contributed by atoms with Gasteiger partial charge in [-0.25, -0.2) is 4.98 Å². The number of nitrogens with one attached hydrogen (secondary N) is 1. The highest BCUT2D eigenvalue weighted by Crippen LogP contribution is 2.12. The van der Waals surface area contributed by atoms with Crippen molar-refractivity contribution in [2.24, 2.45) is 0 Å². The minimum atomic E-state index is -0.916. The van der Waals surface area contributed by atoms with Crippen LogP contribution in [0.3, 0.4) is 0 Å². The van der Waals surface area contributed by atoms with Crippen molar-refractivity contribution in [3.8, 4) is 0 Å². The molecule has 0 bridgehead atoms. The summed E-state index contributed by atoms with van der Waals surface area (Å²) in [6.07, 6.45) is 1.36. The van der Waals surface area contributed by atoms with Crippen LogP contribution in [0.4, 0.5) is 0 Å². The first-order chi connectivity index (χ1) is 10.1. The van der Waals surface area contributed by atoms with Crippen molar-refractivity contribution in [1.82, 2.24) is 10.3 Å². The van der Waals surface area contributed by atoms with E-state index in [0.29, 0.717) is 12.1 Å². The average molecular weight is 286 g/mol. The number of amides is 1. The van der Waals surface area contributed by atoms with E-state index < -0.39 is 5.97 Å². The number of hydrogen-bond acceptors (Lipinski definition) is 3. The minimum Gasteiger partial charge on any atom is -0.481 e. The van der Waals surface area contributed by atoms with Gasteiger partial charge in [0.25, 0.3) is 5.91 Å². The number of benzene rings is 1. The highest BCUT2D eigenvalue weighted by Gasteiger charge is 2.17. The summed E-state index contributed by atoms with van der Waals surface area (Å²) in [7, 11) is 0. The number of pyridine rings is 1. The number of carboxylic acids is 1. The Morgan fingerprint density at radius 1 is 1.24 bits per heavy atom. The summed E-state index contributed by atoms with van der Waals surface area (Å²) >= 11 is 0. The van der Waals surface area contributed by atoms with Crippen LogP contribution in [0, 0.1) is 0 Å². The maximum atomic E-state index is 12.2. The fraction of sp³-hybridized carbons (Fsp3) is 0.312. The van der Waals surface area contributed by atoms with Gasteiger partial charge in [0.1, 0.15) is 5.69 Å². The van der Waals surface area contributed by atoms with E-state index in [1.807, 2.05) is 37.3 Å². The molecule has 0 radical (unpaired) electrons. The molecule has 0 aliphatic carbocycles. The fourth-order valence-corrected chi connectivity index (χ4v) is 2.24. The molecule has 1 aromatic heterocycles. The van der Waals surface area contributed by atoms with Gasteiger partial charge in [-0.3, -0.25) is 9.59 Å². The van der Waals surface area contributed by atoms with Crippen LogP contribution in [-0.4, -0.2) is 28.0 Å². The van der Waals surface area contributed by atoms with Crippen molar-refractivity contribution < 1.29 is 14.7 Å². The quantitative estimate of drug-likeness (QED) is 0.855. The van der Waals surface area contributed by atoms with Gasteiger partial charge in [0, 0.05) is 11.4 Å². The summed E-state index contributed by atoms with van der Waals surface area (Å²) in [6.45, 7) is 1.95. The Morgan fingerprint density at radius 3 is 2.71 bits per heavy atom. The maximum absolute atomic E-state index is 12.2. The molecule has 21 heavy (non-hydrogen) atoms. The third kappa shape index (κ3) is 4.02. The van der Waals surface area contributed by atoms with E-state index in [0.717, 1.165) is 17.3 Å². The molecular formula is C16H18N2O3. The predicted molar refractivity (Wildman–Crippen MR) is 80.2 cm³/mol. The number of aliphatic carboxylic acids is 1. The van der Waals surface area contributed by atoms with Gasteiger partial charge in [0.2, 0.25) is 0 Å². The number of carbonyl (C=O) groups excluding carboxylic acids is 1. The van der Waals surface area contributed by atoms with Crippen molar-refractivity contribution >= 4 is 22.8 Å². The van der Waals surface area contributed by atoms with Crippen molar-refractivity contribution in [2.75, 3.05) is 0 Å². The molecule has 1 atom stereocenters. The molecule has 0 saturated carbocycles. The number of fused-ring (bicyclic) bond motifs is 1. The molecule has 2 aromatic rings. The fourth-order valence-electron chi connectivity index (χ4n) is 2.24. The first-order valence-electron chi connectivity index (χ1n) is 6.98. The van der Waals surface area contributed by atoms with E-state index >= 15 is 0 Å². The largest absolute Gasteiger partial charge is 0.481 e. The summed E-state index contributed by atoms with van der Waals surface area (Å²) in [6, 6.07) is 10.7. The van der Waals surface area contributed by atoms with Gasteiger partial charge in [0.15, 0.2) is 0 Å². The monoisotopic (exact) mass is 286 g/mol. The normalized spacial score (nSPS) is 12.0. The molecule has 5 heteroatoms. The summed E-state index contributed by atoms with van der Waals surface area (Å²) in [5.41, 5.74) is 1.05. The third-order valence-corrected chi connectivity index (χ3v) is 3.22. The molecule has 5 nitrogen and oxygen atoms in total. The standard InChI is InChI=1S/C16H18N2O3/c1-2-5-12(10-15(19)20)17-16(21)14-9-8-11-6-3-4-7-13(11)18-14/h3-4,6-9,12H,2,5,10H2,1H3,(H,17,21)(H,19,20). The van der Waals surface area contributed by atoms with E-state index in [4.69, 9.17) is 5.11 Å². The van der Waals surface area contributed by atoms with E-state index in [9.17, 15) is 9.59 Å². The molecule has 2 rings (SSSR count). The van der Waals surface area contributed by atoms with Crippen LogP contribution in [0.15, 0.2) is 36.4 Å². The molecule has 0 saturated heterocycles. The molecule has 0 spiro atoms. The summed E-state index contributed by atoms with van der Waals surface area (Å²) in [5, 5.41) is 12.6. The van der Waals surface area contributed by atoms with Crippen LogP contribution in [-0.2, 0) is 4.79 Å². The number of rotatable bonds is 6. The number of carboxylic acid groups (broad SMARTS) is 1. The molecule has 2 N–H and O–H groups in total. The van der Waals surface area contributed by atoms with Gasteiger partial charge >= 0.3 is 5.97 Å². The molecule has 110 valence electrons. The Morgan fingerprint density at radius 2 is 2.00 bits per heavy atom. The highest BCUT2D eigenvalue weighted by atomic mass is 16.4. The van der Waals surface area contributed by atoms with Crippen molar-refractivity contribution in [1.29, 1.82) is 0 Å². The van der Waals surface area contributed by atoms with Crippen LogP contribution in [0.5, 0.6) is 0 Å². The number of hydrogen-bond donors (Lipinski definition) is 2. The van der Waals surface area contributed by atoms with Gasteiger partial charge in [-0.15, -0.1) is 0 Å². The van der Waals surface area contributed by atoms with E-state index in [1.54, 1.807) is 6.07 Å².